The van der Waals surface area contributed by atoms with Crippen LogP contribution in [0.4, 0.5) is 4.79 Å². The molecule has 2 aromatic rings. The monoisotopic (exact) mass is 422 g/mol. The number of halogens is 1. The molecule has 156 valence electrons. The van der Waals surface area contributed by atoms with Gasteiger partial charge in [0.15, 0.2) is 0 Å². The fourth-order valence-corrected chi connectivity index (χ4v) is 3.17. The Bertz CT molecular complexity index is 865. The maximum absolute atomic E-state index is 13.0. The molecule has 1 aromatic heterocycles. The summed E-state index contributed by atoms with van der Waals surface area (Å²) in [6, 6.07) is 3.16. The van der Waals surface area contributed by atoms with Crippen LogP contribution in [0.5, 0.6) is 5.75 Å². The second kappa shape index (κ2) is 9.08. The Kier molecular flexibility index (Phi) is 6.53. The number of tetrazole rings is 1. The van der Waals surface area contributed by atoms with Crippen LogP contribution >= 0.6 is 11.6 Å². The average Bonchev–Trinajstić information content (AvgIpc) is 3.26. The van der Waals surface area contributed by atoms with Gasteiger partial charge in [-0.15, -0.1) is 5.10 Å². The van der Waals surface area contributed by atoms with Crippen molar-refractivity contribution in [3.05, 3.63) is 29.0 Å². The third-order valence-electron chi connectivity index (χ3n) is 4.46. The molecular weight excluding hydrogens is 400 g/mol. The van der Waals surface area contributed by atoms with Crippen molar-refractivity contribution in [2.24, 2.45) is 5.92 Å². The van der Waals surface area contributed by atoms with Crippen LogP contribution < -0.4 is 4.74 Å². The summed E-state index contributed by atoms with van der Waals surface area (Å²) >= 11 is 6.35. The summed E-state index contributed by atoms with van der Waals surface area (Å²) in [5.41, 5.74) is 0.841. The van der Waals surface area contributed by atoms with E-state index in [0.717, 1.165) is 0 Å². The molecule has 1 aliphatic heterocycles. The molecule has 2 amide bonds. The van der Waals surface area contributed by atoms with Gasteiger partial charge in [0, 0.05) is 32.2 Å². The third-order valence-corrected chi connectivity index (χ3v) is 4.76. The topological polar surface area (TPSA) is 103 Å². The van der Waals surface area contributed by atoms with E-state index in [0.29, 0.717) is 54.8 Å². The molecule has 0 radical (unpaired) electrons. The van der Waals surface area contributed by atoms with Crippen molar-refractivity contribution in [1.82, 2.24) is 30.0 Å². The first-order chi connectivity index (χ1) is 13.9. The molecule has 0 unspecified atom stereocenters. The van der Waals surface area contributed by atoms with Crippen molar-refractivity contribution in [3.63, 3.8) is 0 Å². The number of benzene rings is 1. The first kappa shape index (κ1) is 20.8. The van der Waals surface area contributed by atoms with Gasteiger partial charge >= 0.3 is 6.09 Å². The van der Waals surface area contributed by atoms with Crippen LogP contribution in [0, 0.1) is 5.92 Å². The van der Waals surface area contributed by atoms with Crippen molar-refractivity contribution in [3.8, 4) is 11.4 Å². The van der Waals surface area contributed by atoms with Gasteiger partial charge in [0.05, 0.1) is 30.0 Å². The molecule has 10 nitrogen and oxygen atoms in total. The number of amides is 2. The number of nitrogens with zero attached hydrogens (tertiary/aromatic N) is 6. The second-order valence-electron chi connectivity index (χ2n) is 7.01. The molecule has 1 aromatic carbocycles. The molecule has 0 aliphatic carbocycles. The lowest BCUT2D eigenvalue weighted by molar-refractivity contribution is 0.0533. The van der Waals surface area contributed by atoms with Crippen LogP contribution in [0.1, 0.15) is 24.2 Å². The minimum Gasteiger partial charge on any atom is -0.496 e. The van der Waals surface area contributed by atoms with Gasteiger partial charge in [0.25, 0.3) is 5.91 Å². The number of methoxy groups -OCH3 is 1. The van der Waals surface area contributed by atoms with E-state index in [9.17, 15) is 9.59 Å². The SMILES string of the molecule is COc1cc(-n2cnnn2)c(Cl)cc1C(=O)N1CCN(C(=O)OCC(C)C)CC1. The number of aromatic nitrogens is 4. The number of rotatable bonds is 5. The highest BCUT2D eigenvalue weighted by Gasteiger charge is 2.28. The largest absolute Gasteiger partial charge is 0.496 e. The van der Waals surface area contributed by atoms with Gasteiger partial charge in [-0.3, -0.25) is 4.79 Å². The summed E-state index contributed by atoms with van der Waals surface area (Å²) in [4.78, 5) is 28.4. The zero-order valence-electron chi connectivity index (χ0n) is 16.5. The predicted octanol–water partition coefficient (Wildman–Crippen LogP) is 1.87. The van der Waals surface area contributed by atoms with Crippen molar-refractivity contribution in [1.29, 1.82) is 0 Å². The Morgan fingerprint density at radius 1 is 1.17 bits per heavy atom. The fourth-order valence-electron chi connectivity index (χ4n) is 2.92. The molecular formula is C18H23ClN6O4. The summed E-state index contributed by atoms with van der Waals surface area (Å²) < 4.78 is 12.0. The van der Waals surface area contributed by atoms with E-state index in [1.54, 1.807) is 21.9 Å². The number of piperazine rings is 1. The summed E-state index contributed by atoms with van der Waals surface area (Å²) in [6.07, 6.45) is 1.05. The maximum atomic E-state index is 13.0. The smallest absolute Gasteiger partial charge is 0.409 e. The van der Waals surface area contributed by atoms with Gasteiger partial charge in [-0.25, -0.2) is 4.79 Å². The van der Waals surface area contributed by atoms with Crippen molar-refractivity contribution < 1.29 is 19.1 Å². The molecule has 0 atom stereocenters. The molecule has 0 N–H and O–H groups in total. The third kappa shape index (κ3) is 4.76. The Labute approximate surface area is 173 Å². The molecule has 0 saturated carbocycles. The predicted molar refractivity (Wildman–Crippen MR) is 104 cm³/mol. The number of carbonyl (C=O) groups is 2. The molecule has 29 heavy (non-hydrogen) atoms. The minimum absolute atomic E-state index is 0.220. The lowest BCUT2D eigenvalue weighted by Crippen LogP contribution is -2.50. The van der Waals surface area contributed by atoms with Crippen LogP contribution in [0.2, 0.25) is 5.02 Å². The van der Waals surface area contributed by atoms with Crippen molar-refractivity contribution in [2.45, 2.75) is 13.8 Å². The van der Waals surface area contributed by atoms with Gasteiger partial charge < -0.3 is 19.3 Å². The molecule has 0 bridgehead atoms. The Morgan fingerprint density at radius 2 is 1.86 bits per heavy atom. The van der Waals surface area contributed by atoms with Crippen LogP contribution in [-0.2, 0) is 4.74 Å². The second-order valence-corrected chi connectivity index (χ2v) is 7.42. The summed E-state index contributed by atoms with van der Waals surface area (Å²) in [5, 5.41) is 11.3. The first-order valence-corrected chi connectivity index (χ1v) is 9.60. The normalized spacial score (nSPS) is 14.2. The fraction of sp³-hybridized carbons (Fsp3) is 0.500. The molecule has 0 spiro atoms. The Hall–Kier alpha value is -2.88. The highest BCUT2D eigenvalue weighted by Crippen LogP contribution is 2.30. The molecule has 3 rings (SSSR count). The van der Waals surface area contributed by atoms with Crippen LogP contribution in [0.3, 0.4) is 0 Å². The highest BCUT2D eigenvalue weighted by atomic mass is 35.5. The summed E-state index contributed by atoms with van der Waals surface area (Å²) in [6.45, 7) is 5.93. The van der Waals surface area contributed by atoms with Crippen molar-refractivity contribution >= 4 is 23.6 Å². The lowest BCUT2D eigenvalue weighted by Gasteiger charge is -2.34. The van der Waals surface area contributed by atoms with E-state index in [4.69, 9.17) is 21.1 Å². The van der Waals surface area contributed by atoms with E-state index in [1.807, 2.05) is 13.8 Å². The average molecular weight is 423 g/mol. The van der Waals surface area contributed by atoms with Gasteiger partial charge in [0.2, 0.25) is 0 Å². The van der Waals surface area contributed by atoms with Gasteiger partial charge in [-0.2, -0.15) is 4.68 Å². The van der Waals surface area contributed by atoms with E-state index in [-0.39, 0.29) is 17.9 Å². The number of carbonyl (C=O) groups excluding carboxylic acids is 2. The molecule has 11 heteroatoms. The van der Waals surface area contributed by atoms with E-state index in [2.05, 4.69) is 15.5 Å². The first-order valence-electron chi connectivity index (χ1n) is 9.22. The molecule has 2 heterocycles. The summed E-state index contributed by atoms with van der Waals surface area (Å²) in [5.74, 6) is 0.418. The van der Waals surface area contributed by atoms with E-state index >= 15 is 0 Å². The zero-order chi connectivity index (χ0) is 21.0. The number of hydrogen-bond donors (Lipinski definition) is 0. The lowest BCUT2D eigenvalue weighted by atomic mass is 10.1. The van der Waals surface area contributed by atoms with E-state index in [1.165, 1.54) is 18.1 Å². The molecule has 1 saturated heterocycles. The van der Waals surface area contributed by atoms with Crippen LogP contribution in [0.15, 0.2) is 18.5 Å². The summed E-state index contributed by atoms with van der Waals surface area (Å²) in [7, 11) is 1.48. The standard InChI is InChI=1S/C18H23ClN6O4/c1-12(2)10-29-18(27)24-6-4-23(5-7-24)17(26)13-8-14(19)15(9-16(13)28-3)25-11-20-21-22-25/h8-9,11-12H,4-7,10H2,1-3H3. The molecule has 1 fully saturated rings. The number of hydrogen-bond acceptors (Lipinski definition) is 7. The van der Waals surface area contributed by atoms with Gasteiger partial charge in [-0.1, -0.05) is 25.4 Å². The number of ether oxygens (including phenoxy) is 2. The quantitative estimate of drug-likeness (QED) is 0.724. The van der Waals surface area contributed by atoms with Gasteiger partial charge in [0.1, 0.15) is 12.1 Å². The molecule has 1 aliphatic rings. The Morgan fingerprint density at radius 3 is 2.45 bits per heavy atom. The van der Waals surface area contributed by atoms with Crippen LogP contribution in [0.25, 0.3) is 5.69 Å². The van der Waals surface area contributed by atoms with Gasteiger partial charge in [-0.05, 0) is 22.4 Å². The highest BCUT2D eigenvalue weighted by molar-refractivity contribution is 6.33. The minimum atomic E-state index is -0.350. The van der Waals surface area contributed by atoms with Crippen molar-refractivity contribution in [2.75, 3.05) is 39.9 Å². The Balaban J connectivity index is 1.70. The zero-order valence-corrected chi connectivity index (χ0v) is 17.3. The maximum Gasteiger partial charge on any atom is 0.409 e. The van der Waals surface area contributed by atoms with E-state index < -0.39 is 0 Å². The van der Waals surface area contributed by atoms with Crippen LogP contribution in [-0.4, -0.2) is 81.9 Å².